The lowest BCUT2D eigenvalue weighted by Crippen LogP contribution is -2.25. The van der Waals surface area contributed by atoms with Gasteiger partial charge < -0.3 is 0 Å². The first-order valence-electron chi connectivity index (χ1n) is 6.87. The topological polar surface area (TPSA) is 0 Å². The number of allylic oxidation sites excluding steroid dienone is 7. The third kappa shape index (κ3) is 3.22. The third-order valence-corrected chi connectivity index (χ3v) is 4.25. The Morgan fingerprint density at radius 2 is 2.00 bits per heavy atom. The molecule has 0 aromatic carbocycles. The molecule has 0 aromatic rings. The van der Waals surface area contributed by atoms with Gasteiger partial charge in [-0.3, -0.25) is 0 Å². The van der Waals surface area contributed by atoms with Crippen LogP contribution in [0.2, 0.25) is 0 Å². The SMILES string of the molecule is C=C/C=C\C(F)=C/C(CC1CC2(CC2)C1)=C(C)C. The van der Waals surface area contributed by atoms with Gasteiger partial charge in [0.25, 0.3) is 0 Å². The van der Waals surface area contributed by atoms with Crippen molar-refractivity contribution in [1.29, 1.82) is 0 Å². The van der Waals surface area contributed by atoms with Crippen LogP contribution in [0.5, 0.6) is 0 Å². The number of rotatable bonds is 5. The monoisotopic (exact) mass is 246 g/mol. The number of halogens is 1. The first kappa shape index (κ1) is 13.3. The fourth-order valence-electron chi connectivity index (χ4n) is 2.99. The van der Waals surface area contributed by atoms with E-state index < -0.39 is 0 Å². The molecule has 0 unspecified atom stereocenters. The second kappa shape index (κ2) is 5.26. The van der Waals surface area contributed by atoms with Crippen LogP contribution in [0.3, 0.4) is 0 Å². The van der Waals surface area contributed by atoms with Gasteiger partial charge in [-0.25, -0.2) is 4.39 Å². The summed E-state index contributed by atoms with van der Waals surface area (Å²) in [6.07, 6.45) is 13.0. The van der Waals surface area contributed by atoms with Gasteiger partial charge >= 0.3 is 0 Å². The molecule has 0 heterocycles. The van der Waals surface area contributed by atoms with E-state index in [0.29, 0.717) is 0 Å². The zero-order valence-corrected chi connectivity index (χ0v) is 11.5. The molecule has 0 aromatic heterocycles. The van der Waals surface area contributed by atoms with E-state index in [4.69, 9.17) is 0 Å². The van der Waals surface area contributed by atoms with Crippen molar-refractivity contribution in [2.24, 2.45) is 11.3 Å². The summed E-state index contributed by atoms with van der Waals surface area (Å²) in [6, 6.07) is 0. The summed E-state index contributed by atoms with van der Waals surface area (Å²) in [5.74, 6) is 0.608. The van der Waals surface area contributed by atoms with Gasteiger partial charge in [-0.2, -0.15) is 0 Å². The highest BCUT2D eigenvalue weighted by Gasteiger charge is 2.52. The van der Waals surface area contributed by atoms with Crippen LogP contribution < -0.4 is 0 Å². The Labute approximate surface area is 110 Å². The zero-order chi connectivity index (χ0) is 13.2. The van der Waals surface area contributed by atoms with Crippen molar-refractivity contribution < 1.29 is 4.39 Å². The molecule has 0 nitrogen and oxygen atoms in total. The molecule has 0 aliphatic heterocycles. The molecule has 0 amide bonds. The fraction of sp³-hybridized carbons (Fsp3) is 0.529. The minimum Gasteiger partial charge on any atom is -0.207 e. The Morgan fingerprint density at radius 3 is 2.50 bits per heavy atom. The average molecular weight is 246 g/mol. The second-order valence-corrected chi connectivity index (χ2v) is 6.13. The van der Waals surface area contributed by atoms with Crippen molar-refractivity contribution in [2.45, 2.75) is 46.0 Å². The Hall–Kier alpha value is -1.11. The fourth-order valence-corrected chi connectivity index (χ4v) is 2.99. The molecule has 2 fully saturated rings. The summed E-state index contributed by atoms with van der Waals surface area (Å²) in [4.78, 5) is 0. The Bertz CT molecular complexity index is 407. The van der Waals surface area contributed by atoms with Crippen molar-refractivity contribution in [2.75, 3.05) is 0 Å². The van der Waals surface area contributed by atoms with E-state index in [1.165, 1.54) is 42.9 Å². The van der Waals surface area contributed by atoms with Crippen molar-refractivity contribution in [1.82, 2.24) is 0 Å². The quantitative estimate of drug-likeness (QED) is 0.562. The summed E-state index contributed by atoms with van der Waals surface area (Å²) in [5, 5.41) is 0. The average Bonchev–Trinajstić information content (AvgIpc) is 3.04. The molecule has 0 N–H and O–H groups in total. The van der Waals surface area contributed by atoms with E-state index in [-0.39, 0.29) is 5.83 Å². The van der Waals surface area contributed by atoms with E-state index >= 15 is 0 Å². The van der Waals surface area contributed by atoms with E-state index in [1.54, 1.807) is 18.2 Å². The smallest absolute Gasteiger partial charge is 0.123 e. The highest BCUT2D eigenvalue weighted by molar-refractivity contribution is 5.31. The maximum Gasteiger partial charge on any atom is 0.123 e. The highest BCUT2D eigenvalue weighted by Crippen LogP contribution is 2.64. The molecule has 2 aliphatic rings. The number of hydrogen-bond donors (Lipinski definition) is 0. The van der Waals surface area contributed by atoms with Crippen molar-refractivity contribution in [3.05, 3.63) is 47.9 Å². The lowest BCUT2D eigenvalue weighted by molar-refractivity contribution is 0.169. The van der Waals surface area contributed by atoms with E-state index in [1.807, 2.05) is 0 Å². The Morgan fingerprint density at radius 1 is 1.33 bits per heavy atom. The molecular weight excluding hydrogens is 223 g/mol. The van der Waals surface area contributed by atoms with E-state index in [0.717, 1.165) is 17.8 Å². The standard InChI is InChI=1S/C17H23F/c1-4-5-6-16(18)10-15(13(2)3)9-14-11-17(12-14)7-8-17/h4-6,10,14H,1,7-9,11-12H2,2-3H3/b6-5-,16-10+. The molecule has 0 saturated heterocycles. The lowest BCUT2D eigenvalue weighted by Gasteiger charge is -2.36. The normalized spacial score (nSPS) is 22.1. The largest absolute Gasteiger partial charge is 0.207 e. The van der Waals surface area contributed by atoms with Crippen molar-refractivity contribution >= 4 is 0 Å². The predicted octanol–water partition coefficient (Wildman–Crippen LogP) is 5.50. The summed E-state index contributed by atoms with van der Waals surface area (Å²) in [6.45, 7) is 7.69. The maximum absolute atomic E-state index is 13.6. The molecule has 1 spiro atoms. The Kier molecular flexibility index (Phi) is 3.89. The molecule has 0 bridgehead atoms. The van der Waals surface area contributed by atoms with Crippen LogP contribution in [-0.2, 0) is 0 Å². The second-order valence-electron chi connectivity index (χ2n) is 6.13. The van der Waals surface area contributed by atoms with Crippen LogP contribution in [0.4, 0.5) is 4.39 Å². The molecule has 0 radical (unpaired) electrons. The van der Waals surface area contributed by atoms with Gasteiger partial charge in [0, 0.05) is 0 Å². The molecule has 1 heteroatoms. The first-order chi connectivity index (χ1) is 8.54. The summed E-state index contributed by atoms with van der Waals surface area (Å²) >= 11 is 0. The van der Waals surface area contributed by atoms with Crippen LogP contribution in [0.15, 0.2) is 47.9 Å². The predicted molar refractivity (Wildman–Crippen MR) is 75.9 cm³/mol. The minimum absolute atomic E-state index is 0.174. The minimum atomic E-state index is -0.174. The molecular formula is C17H23F. The van der Waals surface area contributed by atoms with Crippen LogP contribution in [-0.4, -0.2) is 0 Å². The van der Waals surface area contributed by atoms with Crippen LogP contribution in [0.25, 0.3) is 0 Å². The molecule has 2 rings (SSSR count). The van der Waals surface area contributed by atoms with E-state index in [2.05, 4.69) is 20.4 Å². The maximum atomic E-state index is 13.6. The summed E-state index contributed by atoms with van der Waals surface area (Å²) in [7, 11) is 0. The van der Waals surface area contributed by atoms with Gasteiger partial charge in [0.05, 0.1) is 0 Å². The van der Waals surface area contributed by atoms with Gasteiger partial charge in [-0.15, -0.1) is 0 Å². The molecule has 2 aliphatic carbocycles. The highest BCUT2D eigenvalue weighted by atomic mass is 19.1. The van der Waals surface area contributed by atoms with Crippen LogP contribution >= 0.6 is 0 Å². The van der Waals surface area contributed by atoms with E-state index in [9.17, 15) is 4.39 Å². The van der Waals surface area contributed by atoms with Crippen LogP contribution in [0.1, 0.15) is 46.0 Å². The molecule has 0 atom stereocenters. The summed E-state index contributed by atoms with van der Waals surface area (Å²) in [5.41, 5.74) is 3.14. The van der Waals surface area contributed by atoms with Gasteiger partial charge in [0.15, 0.2) is 0 Å². The van der Waals surface area contributed by atoms with Gasteiger partial charge in [0.2, 0.25) is 0 Å². The van der Waals surface area contributed by atoms with Gasteiger partial charge in [-0.1, -0.05) is 24.3 Å². The van der Waals surface area contributed by atoms with Gasteiger partial charge in [-0.05, 0) is 75.0 Å². The first-order valence-corrected chi connectivity index (χ1v) is 6.87. The molecule has 2 saturated carbocycles. The molecule has 98 valence electrons. The molecule has 18 heavy (non-hydrogen) atoms. The lowest BCUT2D eigenvalue weighted by atomic mass is 9.69. The zero-order valence-electron chi connectivity index (χ0n) is 11.5. The van der Waals surface area contributed by atoms with Crippen LogP contribution in [0, 0.1) is 11.3 Å². The van der Waals surface area contributed by atoms with Crippen molar-refractivity contribution in [3.63, 3.8) is 0 Å². The van der Waals surface area contributed by atoms with Crippen molar-refractivity contribution in [3.8, 4) is 0 Å². The number of hydrogen-bond acceptors (Lipinski definition) is 0. The summed E-state index contributed by atoms with van der Waals surface area (Å²) < 4.78 is 13.6. The van der Waals surface area contributed by atoms with Gasteiger partial charge in [0.1, 0.15) is 5.83 Å². The Balaban J connectivity index is 1.94. The third-order valence-electron chi connectivity index (χ3n) is 4.25.